The van der Waals surface area contributed by atoms with Crippen molar-refractivity contribution in [2.45, 2.75) is 12.4 Å². The van der Waals surface area contributed by atoms with Crippen molar-refractivity contribution in [3.05, 3.63) is 0 Å². The van der Waals surface area contributed by atoms with E-state index in [2.05, 4.69) is 9.47 Å². The Morgan fingerprint density at radius 1 is 1.58 bits per heavy atom. The van der Waals surface area contributed by atoms with Crippen LogP contribution in [0.3, 0.4) is 0 Å². The summed E-state index contributed by atoms with van der Waals surface area (Å²) in [5.74, 6) is -0.945. The first-order chi connectivity index (χ1) is 5.37. The van der Waals surface area contributed by atoms with Gasteiger partial charge in [-0.3, -0.25) is 9.53 Å². The first kappa shape index (κ1) is 11.2. The van der Waals surface area contributed by atoms with Crippen molar-refractivity contribution in [2.24, 2.45) is 5.73 Å². The monoisotopic (exact) mass is 187 g/mol. The molecule has 12 heavy (non-hydrogen) atoms. The highest BCUT2D eigenvalue weighted by Crippen LogP contribution is 2.15. The number of methoxy groups -OCH3 is 1. The predicted molar refractivity (Wildman–Crippen MR) is 32.0 cm³/mol. The summed E-state index contributed by atoms with van der Waals surface area (Å²) in [4.78, 5) is 10.4. The predicted octanol–water partition coefficient (Wildman–Crippen LogP) is 0.0231. The topological polar surface area (TPSA) is 61.5 Å². The molecule has 0 amide bonds. The molecule has 0 spiro atoms. The Morgan fingerprint density at radius 3 is 2.42 bits per heavy atom. The molecule has 0 aliphatic rings. The van der Waals surface area contributed by atoms with Crippen LogP contribution in [0.15, 0.2) is 0 Å². The zero-order valence-electron chi connectivity index (χ0n) is 6.22. The lowest BCUT2D eigenvalue weighted by atomic mass is 10.3. The van der Waals surface area contributed by atoms with Gasteiger partial charge in [0.15, 0.2) is 0 Å². The Morgan fingerprint density at radius 2 is 2.08 bits per heavy atom. The van der Waals surface area contributed by atoms with E-state index in [-0.39, 0.29) is 0 Å². The third-order valence-electron chi connectivity index (χ3n) is 0.930. The second-order valence-electron chi connectivity index (χ2n) is 1.89. The van der Waals surface area contributed by atoms with Crippen LogP contribution in [0.2, 0.25) is 0 Å². The second-order valence-corrected chi connectivity index (χ2v) is 1.89. The number of hydrogen-bond acceptors (Lipinski definition) is 4. The van der Waals surface area contributed by atoms with Crippen LogP contribution in [0, 0.1) is 0 Å². The quantitative estimate of drug-likeness (QED) is 0.633. The lowest BCUT2D eigenvalue weighted by molar-refractivity contribution is -0.325. The fraction of sp³-hybridized carbons (Fsp3) is 0.800. The molecule has 0 fully saturated rings. The van der Waals surface area contributed by atoms with Crippen LogP contribution in [0.5, 0.6) is 0 Å². The highest BCUT2D eigenvalue weighted by Gasteiger charge is 2.31. The molecule has 0 aromatic carbocycles. The molecule has 0 rings (SSSR count). The molecule has 0 heterocycles. The van der Waals surface area contributed by atoms with Gasteiger partial charge >= 0.3 is 12.3 Å². The summed E-state index contributed by atoms with van der Waals surface area (Å²) < 4.78 is 41.4. The molecule has 0 radical (unpaired) electrons. The SMILES string of the molecule is COC(=O)[C@@H](N)COC(F)(F)F. The molecule has 2 N–H and O–H groups in total. The summed E-state index contributed by atoms with van der Waals surface area (Å²) in [6.07, 6.45) is -4.77. The fourth-order valence-corrected chi connectivity index (χ4v) is 0.404. The molecule has 0 aliphatic heterocycles. The number of carbonyl (C=O) groups excluding carboxylic acids is 1. The maximum atomic E-state index is 11.4. The fourth-order valence-electron chi connectivity index (χ4n) is 0.404. The van der Waals surface area contributed by atoms with Crippen LogP contribution in [-0.2, 0) is 14.3 Å². The van der Waals surface area contributed by atoms with E-state index in [1.54, 1.807) is 0 Å². The number of carbonyl (C=O) groups is 1. The van der Waals surface area contributed by atoms with Gasteiger partial charge in [0, 0.05) is 0 Å². The van der Waals surface area contributed by atoms with Gasteiger partial charge in [0.1, 0.15) is 6.04 Å². The molecule has 72 valence electrons. The normalized spacial score (nSPS) is 14.1. The third kappa shape index (κ3) is 4.91. The molecule has 0 bridgehead atoms. The second kappa shape index (κ2) is 4.27. The molecule has 0 aromatic heterocycles. The van der Waals surface area contributed by atoms with Gasteiger partial charge < -0.3 is 10.5 Å². The smallest absolute Gasteiger partial charge is 0.468 e. The Labute approximate surface area is 66.4 Å². The van der Waals surface area contributed by atoms with E-state index in [9.17, 15) is 18.0 Å². The number of hydrogen-bond donors (Lipinski definition) is 1. The van der Waals surface area contributed by atoms with Crippen LogP contribution in [0.4, 0.5) is 13.2 Å². The molecular formula is C5H8F3NO3. The zero-order valence-corrected chi connectivity index (χ0v) is 6.22. The Bertz CT molecular complexity index is 159. The first-order valence-corrected chi connectivity index (χ1v) is 2.91. The van der Waals surface area contributed by atoms with Crippen LogP contribution < -0.4 is 5.73 Å². The average Bonchev–Trinajstić information content (AvgIpc) is 1.97. The molecule has 7 heteroatoms. The lowest BCUT2D eigenvalue weighted by Gasteiger charge is -2.11. The van der Waals surface area contributed by atoms with Crippen molar-refractivity contribution >= 4 is 5.97 Å². The Kier molecular flexibility index (Phi) is 3.98. The molecular weight excluding hydrogens is 179 g/mol. The number of esters is 1. The molecule has 0 aromatic rings. The van der Waals surface area contributed by atoms with Crippen molar-refractivity contribution in [1.29, 1.82) is 0 Å². The number of alkyl halides is 3. The largest absolute Gasteiger partial charge is 0.522 e. The maximum absolute atomic E-state index is 11.4. The van der Waals surface area contributed by atoms with Gasteiger partial charge in [0.25, 0.3) is 0 Å². The standard InChI is InChI=1S/C5H8F3NO3/c1-11-4(10)3(9)2-12-5(6,7)8/h3H,2,9H2,1H3/t3-/m0/s1. The summed E-state index contributed by atoms with van der Waals surface area (Å²) in [7, 11) is 1.02. The molecule has 4 nitrogen and oxygen atoms in total. The third-order valence-corrected chi connectivity index (χ3v) is 0.930. The minimum atomic E-state index is -4.77. The van der Waals surface area contributed by atoms with Crippen LogP contribution >= 0.6 is 0 Å². The van der Waals surface area contributed by atoms with Gasteiger partial charge in [-0.15, -0.1) is 13.2 Å². The molecule has 0 saturated heterocycles. The summed E-state index contributed by atoms with van der Waals surface area (Å²) in [6.45, 7) is -0.934. The molecule has 0 aliphatic carbocycles. The van der Waals surface area contributed by atoms with E-state index >= 15 is 0 Å². The van der Waals surface area contributed by atoms with Crippen LogP contribution in [-0.4, -0.2) is 32.1 Å². The van der Waals surface area contributed by atoms with Gasteiger partial charge in [-0.2, -0.15) is 0 Å². The highest BCUT2D eigenvalue weighted by atomic mass is 19.4. The van der Waals surface area contributed by atoms with Crippen molar-refractivity contribution in [1.82, 2.24) is 0 Å². The lowest BCUT2D eigenvalue weighted by Crippen LogP contribution is -2.38. The van der Waals surface area contributed by atoms with E-state index < -0.39 is 25.0 Å². The molecule has 0 saturated carbocycles. The zero-order chi connectivity index (χ0) is 9.78. The van der Waals surface area contributed by atoms with Gasteiger partial charge in [0.2, 0.25) is 0 Å². The minimum absolute atomic E-state index is 0.934. The molecule has 0 unspecified atom stereocenters. The number of nitrogens with two attached hydrogens (primary N) is 1. The number of rotatable bonds is 3. The number of ether oxygens (including phenoxy) is 2. The number of halogens is 3. The average molecular weight is 187 g/mol. The van der Waals surface area contributed by atoms with Gasteiger partial charge in [0.05, 0.1) is 13.7 Å². The van der Waals surface area contributed by atoms with E-state index in [1.165, 1.54) is 0 Å². The van der Waals surface area contributed by atoms with E-state index in [4.69, 9.17) is 5.73 Å². The van der Waals surface area contributed by atoms with E-state index in [0.717, 1.165) is 7.11 Å². The van der Waals surface area contributed by atoms with Crippen molar-refractivity contribution in [3.63, 3.8) is 0 Å². The van der Waals surface area contributed by atoms with E-state index in [0.29, 0.717) is 0 Å². The summed E-state index contributed by atoms with van der Waals surface area (Å²) >= 11 is 0. The Hall–Kier alpha value is -0.820. The van der Waals surface area contributed by atoms with Gasteiger partial charge in [-0.25, -0.2) is 0 Å². The van der Waals surface area contributed by atoms with Crippen LogP contribution in [0.1, 0.15) is 0 Å². The van der Waals surface area contributed by atoms with Gasteiger partial charge in [-0.1, -0.05) is 0 Å². The Balaban J connectivity index is 3.72. The van der Waals surface area contributed by atoms with Crippen LogP contribution in [0.25, 0.3) is 0 Å². The minimum Gasteiger partial charge on any atom is -0.468 e. The van der Waals surface area contributed by atoms with Gasteiger partial charge in [-0.05, 0) is 0 Å². The maximum Gasteiger partial charge on any atom is 0.522 e. The molecule has 1 atom stereocenters. The summed E-state index contributed by atoms with van der Waals surface area (Å²) in [5, 5.41) is 0. The van der Waals surface area contributed by atoms with E-state index in [1.807, 2.05) is 0 Å². The van der Waals surface area contributed by atoms with Crippen molar-refractivity contribution < 1.29 is 27.4 Å². The summed E-state index contributed by atoms with van der Waals surface area (Å²) in [5.41, 5.74) is 4.94. The summed E-state index contributed by atoms with van der Waals surface area (Å²) in [6, 6.07) is -1.41. The van der Waals surface area contributed by atoms with Crippen molar-refractivity contribution in [3.8, 4) is 0 Å². The first-order valence-electron chi connectivity index (χ1n) is 2.91. The highest BCUT2D eigenvalue weighted by molar-refractivity contribution is 5.75. The van der Waals surface area contributed by atoms with Crippen molar-refractivity contribution in [2.75, 3.05) is 13.7 Å².